The van der Waals surface area contributed by atoms with Crippen LogP contribution in [0.3, 0.4) is 0 Å². The molecule has 3 N–H and O–H groups in total. The average Bonchev–Trinajstić information content (AvgIpc) is 2.41. The SMILES string of the molecule is NC(=O)c1ccc(CN2CCOC(C(=O)O)C2)c(F)c1. The Hall–Kier alpha value is -1.99. The molecule has 1 saturated heterocycles. The predicted molar refractivity (Wildman–Crippen MR) is 67.6 cm³/mol. The number of carboxylic acid groups (broad SMARTS) is 1. The third-order valence-corrected chi connectivity index (χ3v) is 3.16. The van der Waals surface area contributed by atoms with Crippen molar-refractivity contribution in [1.29, 1.82) is 0 Å². The molecule has 1 aromatic carbocycles. The molecule has 1 unspecified atom stereocenters. The third-order valence-electron chi connectivity index (χ3n) is 3.16. The first-order valence-electron chi connectivity index (χ1n) is 6.12. The van der Waals surface area contributed by atoms with Gasteiger partial charge >= 0.3 is 5.97 Å². The zero-order valence-electron chi connectivity index (χ0n) is 10.7. The minimum atomic E-state index is -1.03. The normalized spacial score (nSPS) is 19.8. The number of benzene rings is 1. The number of rotatable bonds is 4. The van der Waals surface area contributed by atoms with Crippen LogP contribution >= 0.6 is 0 Å². The number of nitrogens with two attached hydrogens (primary N) is 1. The highest BCUT2D eigenvalue weighted by Crippen LogP contribution is 2.15. The summed E-state index contributed by atoms with van der Waals surface area (Å²) in [6, 6.07) is 4.03. The van der Waals surface area contributed by atoms with Gasteiger partial charge in [0.05, 0.1) is 6.61 Å². The summed E-state index contributed by atoms with van der Waals surface area (Å²) in [5.74, 6) is -2.24. The lowest BCUT2D eigenvalue weighted by atomic mass is 10.1. The number of carbonyl (C=O) groups is 2. The Balaban J connectivity index is 2.06. The largest absolute Gasteiger partial charge is 0.479 e. The summed E-state index contributed by atoms with van der Waals surface area (Å²) in [5, 5.41) is 8.90. The van der Waals surface area contributed by atoms with E-state index in [0.29, 0.717) is 12.1 Å². The van der Waals surface area contributed by atoms with Crippen LogP contribution in [0.1, 0.15) is 15.9 Å². The highest BCUT2D eigenvalue weighted by Gasteiger charge is 2.26. The van der Waals surface area contributed by atoms with Gasteiger partial charge in [0.1, 0.15) is 5.82 Å². The lowest BCUT2D eigenvalue weighted by molar-refractivity contribution is -0.156. The first-order chi connectivity index (χ1) is 9.47. The number of primary amides is 1. The van der Waals surface area contributed by atoms with Crippen LogP contribution in [0.2, 0.25) is 0 Å². The van der Waals surface area contributed by atoms with E-state index in [1.165, 1.54) is 12.1 Å². The van der Waals surface area contributed by atoms with E-state index in [9.17, 15) is 14.0 Å². The molecule has 1 aliphatic heterocycles. The van der Waals surface area contributed by atoms with Gasteiger partial charge in [-0.3, -0.25) is 9.69 Å². The molecule has 108 valence electrons. The van der Waals surface area contributed by atoms with Crippen molar-refractivity contribution in [3.63, 3.8) is 0 Å². The standard InChI is InChI=1S/C13H15FN2O4/c14-10-5-8(12(15)17)1-2-9(10)6-16-3-4-20-11(7-16)13(18)19/h1-2,5,11H,3-4,6-7H2,(H2,15,17)(H,18,19). The summed E-state index contributed by atoms with van der Waals surface area (Å²) in [6.45, 7) is 1.28. The molecule has 1 heterocycles. The lowest BCUT2D eigenvalue weighted by Crippen LogP contribution is -2.45. The van der Waals surface area contributed by atoms with Crippen molar-refractivity contribution in [1.82, 2.24) is 4.90 Å². The van der Waals surface area contributed by atoms with Crippen molar-refractivity contribution in [3.05, 3.63) is 35.1 Å². The van der Waals surface area contributed by atoms with E-state index in [-0.39, 0.29) is 25.3 Å². The van der Waals surface area contributed by atoms with Crippen LogP contribution in [0.4, 0.5) is 4.39 Å². The van der Waals surface area contributed by atoms with E-state index in [1.54, 1.807) is 4.90 Å². The molecular weight excluding hydrogens is 267 g/mol. The number of halogens is 1. The molecule has 7 heteroatoms. The van der Waals surface area contributed by atoms with E-state index in [4.69, 9.17) is 15.6 Å². The maximum atomic E-state index is 13.8. The molecule has 20 heavy (non-hydrogen) atoms. The van der Waals surface area contributed by atoms with Crippen LogP contribution in [0, 0.1) is 5.82 Å². The number of aliphatic carboxylic acids is 1. The van der Waals surface area contributed by atoms with Crippen molar-refractivity contribution < 1.29 is 23.8 Å². The van der Waals surface area contributed by atoms with Gasteiger partial charge in [-0.2, -0.15) is 0 Å². The molecule has 2 rings (SSSR count). The highest BCUT2D eigenvalue weighted by atomic mass is 19.1. The highest BCUT2D eigenvalue weighted by molar-refractivity contribution is 5.92. The molecule has 0 saturated carbocycles. The van der Waals surface area contributed by atoms with Gasteiger partial charge in [0.25, 0.3) is 0 Å². The minimum Gasteiger partial charge on any atom is -0.479 e. The second-order valence-corrected chi connectivity index (χ2v) is 4.60. The number of nitrogens with zero attached hydrogens (tertiary/aromatic N) is 1. The summed E-state index contributed by atoms with van der Waals surface area (Å²) in [7, 11) is 0. The average molecular weight is 282 g/mol. The third kappa shape index (κ3) is 3.31. The first-order valence-corrected chi connectivity index (χ1v) is 6.12. The molecule has 0 aliphatic carbocycles. The molecule has 0 aromatic heterocycles. The first kappa shape index (κ1) is 14.4. The number of ether oxygens (including phenoxy) is 1. The monoisotopic (exact) mass is 282 g/mol. The Morgan fingerprint density at radius 2 is 2.25 bits per heavy atom. The second kappa shape index (κ2) is 5.98. The number of amides is 1. The number of carboxylic acids is 1. The van der Waals surface area contributed by atoms with Gasteiger partial charge in [0.2, 0.25) is 5.91 Å². The number of carbonyl (C=O) groups excluding carboxylic acids is 1. The van der Waals surface area contributed by atoms with E-state index >= 15 is 0 Å². The second-order valence-electron chi connectivity index (χ2n) is 4.60. The minimum absolute atomic E-state index is 0.108. The quantitative estimate of drug-likeness (QED) is 0.823. The van der Waals surface area contributed by atoms with Crippen LogP contribution in [-0.2, 0) is 16.1 Å². The van der Waals surface area contributed by atoms with Crippen molar-refractivity contribution in [2.75, 3.05) is 19.7 Å². The van der Waals surface area contributed by atoms with E-state index in [2.05, 4.69) is 0 Å². The van der Waals surface area contributed by atoms with Crippen LogP contribution in [0.25, 0.3) is 0 Å². The van der Waals surface area contributed by atoms with Crippen molar-refractivity contribution >= 4 is 11.9 Å². The summed E-state index contributed by atoms with van der Waals surface area (Å²) in [6.07, 6.45) is -0.892. The molecule has 1 aliphatic rings. The van der Waals surface area contributed by atoms with E-state index in [1.807, 2.05) is 0 Å². The smallest absolute Gasteiger partial charge is 0.334 e. The van der Waals surface area contributed by atoms with Gasteiger partial charge in [-0.1, -0.05) is 6.07 Å². The molecule has 0 radical (unpaired) electrons. The molecule has 6 nitrogen and oxygen atoms in total. The fourth-order valence-electron chi connectivity index (χ4n) is 2.07. The van der Waals surface area contributed by atoms with Crippen molar-refractivity contribution in [2.45, 2.75) is 12.6 Å². The molecule has 1 atom stereocenters. The van der Waals surface area contributed by atoms with Gasteiger partial charge in [0.15, 0.2) is 6.10 Å². The van der Waals surface area contributed by atoms with Crippen molar-refractivity contribution in [2.24, 2.45) is 5.73 Å². The van der Waals surface area contributed by atoms with Crippen molar-refractivity contribution in [3.8, 4) is 0 Å². The Morgan fingerprint density at radius 3 is 2.85 bits per heavy atom. The zero-order chi connectivity index (χ0) is 14.7. The van der Waals surface area contributed by atoms with Gasteiger partial charge in [0, 0.05) is 30.8 Å². The summed E-state index contributed by atoms with van der Waals surface area (Å²) >= 11 is 0. The lowest BCUT2D eigenvalue weighted by Gasteiger charge is -2.30. The van der Waals surface area contributed by atoms with Crippen LogP contribution in [-0.4, -0.2) is 47.7 Å². The molecule has 0 bridgehead atoms. The number of morpholine rings is 1. The fourth-order valence-corrected chi connectivity index (χ4v) is 2.07. The molecule has 0 spiro atoms. The van der Waals surface area contributed by atoms with Gasteiger partial charge in [-0.25, -0.2) is 9.18 Å². The van der Waals surface area contributed by atoms with E-state index in [0.717, 1.165) is 6.07 Å². The van der Waals surface area contributed by atoms with Gasteiger partial charge < -0.3 is 15.6 Å². The van der Waals surface area contributed by atoms with Crippen LogP contribution in [0.5, 0.6) is 0 Å². The molecule has 1 aromatic rings. The molecule has 1 amide bonds. The number of hydrogen-bond acceptors (Lipinski definition) is 4. The summed E-state index contributed by atoms with van der Waals surface area (Å²) in [5.41, 5.74) is 5.57. The Morgan fingerprint density at radius 1 is 1.50 bits per heavy atom. The van der Waals surface area contributed by atoms with Crippen LogP contribution in [0.15, 0.2) is 18.2 Å². The zero-order valence-corrected chi connectivity index (χ0v) is 10.7. The van der Waals surface area contributed by atoms with Crippen LogP contribution < -0.4 is 5.73 Å². The van der Waals surface area contributed by atoms with E-state index < -0.39 is 23.8 Å². The molecule has 1 fully saturated rings. The Bertz CT molecular complexity index is 535. The fraction of sp³-hybridized carbons (Fsp3) is 0.385. The summed E-state index contributed by atoms with van der Waals surface area (Å²) in [4.78, 5) is 23.6. The van der Waals surface area contributed by atoms with Gasteiger partial charge in [-0.15, -0.1) is 0 Å². The maximum Gasteiger partial charge on any atom is 0.334 e. The van der Waals surface area contributed by atoms with Gasteiger partial charge in [-0.05, 0) is 12.1 Å². The topological polar surface area (TPSA) is 92.9 Å². The summed E-state index contributed by atoms with van der Waals surface area (Å²) < 4.78 is 18.9. The predicted octanol–water partition coefficient (Wildman–Crippen LogP) is 0.210. The Labute approximate surface area is 114 Å². The Kier molecular flexibility index (Phi) is 4.31. The number of hydrogen-bond donors (Lipinski definition) is 2. The molecular formula is C13H15FN2O4. The maximum absolute atomic E-state index is 13.8.